The Morgan fingerprint density at radius 3 is 2.71 bits per heavy atom. The van der Waals surface area contributed by atoms with Gasteiger partial charge in [-0.1, -0.05) is 6.07 Å². The van der Waals surface area contributed by atoms with Gasteiger partial charge in [0.15, 0.2) is 0 Å². The Labute approximate surface area is 98.8 Å². The van der Waals surface area contributed by atoms with Crippen LogP contribution in [0.15, 0.2) is 18.2 Å². The van der Waals surface area contributed by atoms with E-state index in [2.05, 4.69) is 10.1 Å². The highest BCUT2D eigenvalue weighted by atomic mass is 19.1. The lowest BCUT2D eigenvalue weighted by Crippen LogP contribution is -2.18. The Hall–Kier alpha value is -1.91. The highest BCUT2D eigenvalue weighted by molar-refractivity contribution is 6.01. The van der Waals surface area contributed by atoms with E-state index in [1.54, 1.807) is 26.0 Å². The average Bonchev–Trinajstić information content (AvgIpc) is 2.23. The number of carbonyl (C=O) groups excluding carboxylic acids is 2. The van der Waals surface area contributed by atoms with Crippen molar-refractivity contribution in [2.45, 2.75) is 20.3 Å². The molecule has 0 bridgehead atoms. The van der Waals surface area contributed by atoms with E-state index in [4.69, 9.17) is 0 Å². The fourth-order valence-electron chi connectivity index (χ4n) is 1.22. The number of anilines is 1. The van der Waals surface area contributed by atoms with Gasteiger partial charge in [-0.25, -0.2) is 4.39 Å². The highest BCUT2D eigenvalue weighted by Crippen LogP contribution is 2.13. The molecule has 0 aromatic heterocycles. The fourth-order valence-corrected chi connectivity index (χ4v) is 1.22. The zero-order valence-corrected chi connectivity index (χ0v) is 9.75. The van der Waals surface area contributed by atoms with Crippen LogP contribution in [0.25, 0.3) is 0 Å². The zero-order valence-electron chi connectivity index (χ0n) is 9.75. The molecule has 4 nitrogen and oxygen atoms in total. The molecule has 0 saturated carbocycles. The van der Waals surface area contributed by atoms with Gasteiger partial charge < -0.3 is 10.1 Å². The van der Waals surface area contributed by atoms with E-state index in [-0.39, 0.29) is 13.0 Å². The summed E-state index contributed by atoms with van der Waals surface area (Å²) in [6, 6.07) is 4.33. The second-order valence-electron chi connectivity index (χ2n) is 3.49. The van der Waals surface area contributed by atoms with Crippen LogP contribution in [-0.2, 0) is 14.3 Å². The van der Waals surface area contributed by atoms with E-state index in [0.717, 1.165) is 0 Å². The van der Waals surface area contributed by atoms with E-state index < -0.39 is 17.7 Å². The van der Waals surface area contributed by atoms with Crippen LogP contribution in [0.1, 0.15) is 18.9 Å². The molecule has 0 unspecified atom stereocenters. The molecule has 5 heteroatoms. The van der Waals surface area contributed by atoms with Gasteiger partial charge in [-0.2, -0.15) is 0 Å². The molecular formula is C12H14FNO3. The monoisotopic (exact) mass is 239 g/mol. The SMILES string of the molecule is CCOC(=O)CC(=O)Nc1ccc(C)c(F)c1. The summed E-state index contributed by atoms with van der Waals surface area (Å²) >= 11 is 0. The molecule has 1 N–H and O–H groups in total. The van der Waals surface area contributed by atoms with Gasteiger partial charge in [-0.3, -0.25) is 9.59 Å². The van der Waals surface area contributed by atoms with E-state index in [1.807, 2.05) is 0 Å². The van der Waals surface area contributed by atoms with E-state index in [1.165, 1.54) is 6.07 Å². The molecule has 0 saturated heterocycles. The van der Waals surface area contributed by atoms with Crippen molar-refractivity contribution in [1.82, 2.24) is 0 Å². The Morgan fingerprint density at radius 1 is 1.41 bits per heavy atom. The number of rotatable bonds is 4. The molecule has 0 aliphatic rings. The smallest absolute Gasteiger partial charge is 0.315 e. The molecular weight excluding hydrogens is 225 g/mol. The number of benzene rings is 1. The molecule has 92 valence electrons. The number of hydrogen-bond donors (Lipinski definition) is 1. The van der Waals surface area contributed by atoms with E-state index >= 15 is 0 Å². The van der Waals surface area contributed by atoms with Crippen molar-refractivity contribution >= 4 is 17.6 Å². The van der Waals surface area contributed by atoms with Gasteiger partial charge in [0.25, 0.3) is 0 Å². The van der Waals surface area contributed by atoms with Crippen LogP contribution in [0.3, 0.4) is 0 Å². The number of carbonyl (C=O) groups is 2. The van der Waals surface area contributed by atoms with Gasteiger partial charge in [0, 0.05) is 5.69 Å². The summed E-state index contributed by atoms with van der Waals surface area (Å²) in [7, 11) is 0. The van der Waals surface area contributed by atoms with Crippen LogP contribution in [0.4, 0.5) is 10.1 Å². The third-order valence-electron chi connectivity index (χ3n) is 2.07. The van der Waals surface area contributed by atoms with Crippen molar-refractivity contribution in [3.8, 4) is 0 Å². The van der Waals surface area contributed by atoms with Crippen LogP contribution in [0, 0.1) is 12.7 Å². The zero-order chi connectivity index (χ0) is 12.8. The maximum Gasteiger partial charge on any atom is 0.315 e. The summed E-state index contributed by atoms with van der Waals surface area (Å²) in [5.41, 5.74) is 0.816. The maximum absolute atomic E-state index is 13.2. The van der Waals surface area contributed by atoms with Crippen LogP contribution in [-0.4, -0.2) is 18.5 Å². The average molecular weight is 239 g/mol. The second kappa shape index (κ2) is 5.98. The summed E-state index contributed by atoms with van der Waals surface area (Å²) in [6.45, 7) is 3.51. The fraction of sp³-hybridized carbons (Fsp3) is 0.333. The molecule has 0 aliphatic carbocycles. The lowest BCUT2D eigenvalue weighted by Gasteiger charge is -2.06. The first-order valence-corrected chi connectivity index (χ1v) is 5.24. The third-order valence-corrected chi connectivity index (χ3v) is 2.07. The molecule has 1 amide bonds. The predicted molar refractivity (Wildman–Crippen MR) is 61.0 cm³/mol. The topological polar surface area (TPSA) is 55.4 Å². The van der Waals surface area contributed by atoms with Crippen molar-refractivity contribution in [1.29, 1.82) is 0 Å². The summed E-state index contributed by atoms with van der Waals surface area (Å²) in [5.74, 6) is -1.52. The first kappa shape index (κ1) is 13.2. The largest absolute Gasteiger partial charge is 0.466 e. The first-order chi connectivity index (χ1) is 8.02. The van der Waals surface area contributed by atoms with Gasteiger partial charge in [-0.05, 0) is 31.5 Å². The Bertz CT molecular complexity index is 432. The standard InChI is InChI=1S/C12H14FNO3/c1-3-17-12(16)7-11(15)14-9-5-4-8(2)10(13)6-9/h4-6H,3,7H2,1-2H3,(H,14,15). The molecule has 1 aromatic carbocycles. The van der Waals surface area contributed by atoms with Gasteiger partial charge in [0.05, 0.1) is 6.61 Å². The van der Waals surface area contributed by atoms with Crippen LogP contribution < -0.4 is 5.32 Å². The predicted octanol–water partition coefficient (Wildman–Crippen LogP) is 2.03. The summed E-state index contributed by atoms with van der Waals surface area (Å²) in [4.78, 5) is 22.4. The lowest BCUT2D eigenvalue weighted by atomic mass is 10.2. The minimum absolute atomic E-state index is 0.227. The summed E-state index contributed by atoms with van der Waals surface area (Å²) in [5, 5.41) is 2.42. The highest BCUT2D eigenvalue weighted by Gasteiger charge is 2.10. The Kier molecular flexibility index (Phi) is 4.63. The van der Waals surface area contributed by atoms with Crippen molar-refractivity contribution in [2.75, 3.05) is 11.9 Å². The molecule has 0 aliphatic heterocycles. The molecule has 1 rings (SSSR count). The molecule has 1 aromatic rings. The Morgan fingerprint density at radius 2 is 2.12 bits per heavy atom. The van der Waals surface area contributed by atoms with Crippen molar-refractivity contribution < 1.29 is 18.7 Å². The first-order valence-electron chi connectivity index (χ1n) is 5.24. The van der Waals surface area contributed by atoms with Gasteiger partial charge in [0.2, 0.25) is 5.91 Å². The molecule has 0 radical (unpaired) electrons. The van der Waals surface area contributed by atoms with Crippen LogP contribution in [0.2, 0.25) is 0 Å². The summed E-state index contributed by atoms with van der Waals surface area (Å²) in [6.07, 6.45) is -0.372. The number of aryl methyl sites for hydroxylation is 1. The second-order valence-corrected chi connectivity index (χ2v) is 3.49. The van der Waals surface area contributed by atoms with Gasteiger partial charge in [0.1, 0.15) is 12.2 Å². The maximum atomic E-state index is 13.2. The molecule has 0 heterocycles. The lowest BCUT2D eigenvalue weighted by molar-refractivity contribution is -0.145. The quantitative estimate of drug-likeness (QED) is 0.646. The van der Waals surface area contributed by atoms with Crippen LogP contribution in [0.5, 0.6) is 0 Å². The number of hydrogen-bond acceptors (Lipinski definition) is 3. The van der Waals surface area contributed by atoms with Crippen molar-refractivity contribution in [2.24, 2.45) is 0 Å². The number of amides is 1. The van der Waals surface area contributed by atoms with Crippen molar-refractivity contribution in [3.63, 3.8) is 0 Å². The summed E-state index contributed by atoms with van der Waals surface area (Å²) < 4.78 is 17.8. The molecule has 0 spiro atoms. The Balaban J connectivity index is 2.56. The van der Waals surface area contributed by atoms with Gasteiger partial charge >= 0.3 is 5.97 Å². The molecule has 0 atom stereocenters. The number of nitrogens with one attached hydrogen (secondary N) is 1. The van der Waals surface area contributed by atoms with E-state index in [0.29, 0.717) is 11.3 Å². The normalized spacial score (nSPS) is 9.82. The van der Waals surface area contributed by atoms with Gasteiger partial charge in [-0.15, -0.1) is 0 Å². The number of halogens is 1. The minimum Gasteiger partial charge on any atom is -0.466 e. The molecule has 0 fully saturated rings. The number of esters is 1. The molecule has 17 heavy (non-hydrogen) atoms. The van der Waals surface area contributed by atoms with Crippen molar-refractivity contribution in [3.05, 3.63) is 29.6 Å². The van der Waals surface area contributed by atoms with Crippen LogP contribution >= 0.6 is 0 Å². The number of ether oxygens (including phenoxy) is 1. The minimum atomic E-state index is -0.599. The third kappa shape index (κ3) is 4.22. The van der Waals surface area contributed by atoms with E-state index in [9.17, 15) is 14.0 Å².